The molecule has 2 aromatic carbocycles. The number of nitrogens with one attached hydrogen (secondary N) is 2. The van der Waals surface area contributed by atoms with Crippen LogP contribution in [0.3, 0.4) is 0 Å². The third-order valence-electron chi connectivity index (χ3n) is 4.08. The van der Waals surface area contributed by atoms with Crippen LogP contribution in [0.1, 0.15) is 11.6 Å². The summed E-state index contributed by atoms with van der Waals surface area (Å²) in [4.78, 5) is 20.9. The van der Waals surface area contributed by atoms with Crippen LogP contribution in [-0.2, 0) is 0 Å². The summed E-state index contributed by atoms with van der Waals surface area (Å²) >= 11 is 0. The van der Waals surface area contributed by atoms with Crippen molar-refractivity contribution in [3.05, 3.63) is 60.4 Å². The molecule has 0 saturated carbocycles. The van der Waals surface area contributed by atoms with E-state index < -0.39 is 18.2 Å². The lowest BCUT2D eigenvalue weighted by Gasteiger charge is -2.31. The molecule has 0 radical (unpaired) electrons. The van der Waals surface area contributed by atoms with E-state index in [0.717, 1.165) is 5.56 Å². The Labute approximate surface area is 143 Å². The van der Waals surface area contributed by atoms with Gasteiger partial charge in [-0.25, -0.2) is 4.79 Å². The van der Waals surface area contributed by atoms with Crippen molar-refractivity contribution < 1.29 is 14.6 Å². The second kappa shape index (κ2) is 6.37. The maximum atomic E-state index is 12.5. The molecule has 3 N–H and O–H groups in total. The lowest BCUT2D eigenvalue weighted by atomic mass is 9.98. The van der Waals surface area contributed by atoms with Gasteiger partial charge in [0.25, 0.3) is 0 Å². The van der Waals surface area contributed by atoms with E-state index in [1.54, 1.807) is 24.5 Å². The van der Waals surface area contributed by atoms with Crippen molar-refractivity contribution >= 4 is 22.8 Å². The highest BCUT2D eigenvalue weighted by Gasteiger charge is 2.30. The van der Waals surface area contributed by atoms with E-state index in [-0.39, 0.29) is 6.61 Å². The minimum Gasteiger partial charge on any atom is -0.490 e. The van der Waals surface area contributed by atoms with Crippen LogP contribution < -0.4 is 15.4 Å². The third-order valence-corrected chi connectivity index (χ3v) is 4.08. The van der Waals surface area contributed by atoms with E-state index in [9.17, 15) is 9.90 Å². The Morgan fingerprint density at radius 1 is 1.12 bits per heavy atom. The first-order valence-electron chi connectivity index (χ1n) is 7.89. The molecular weight excluding hydrogens is 320 g/mol. The number of anilines is 1. The second-order valence-electron chi connectivity index (χ2n) is 5.72. The minimum absolute atomic E-state index is 0.127. The van der Waals surface area contributed by atoms with Gasteiger partial charge in [-0.1, -0.05) is 24.3 Å². The monoisotopic (exact) mass is 336 g/mol. The summed E-state index contributed by atoms with van der Waals surface area (Å²) < 4.78 is 5.48. The summed E-state index contributed by atoms with van der Waals surface area (Å²) in [6.07, 6.45) is 2.35. The molecule has 3 aromatic rings. The molecule has 0 spiro atoms. The fraction of sp³-hybridized carbons (Fsp3) is 0.167. The van der Waals surface area contributed by atoms with Crippen LogP contribution in [0.15, 0.2) is 54.9 Å². The number of carbonyl (C=O) groups is 1. The molecule has 0 fully saturated rings. The molecule has 0 saturated heterocycles. The summed E-state index contributed by atoms with van der Waals surface area (Å²) in [5.74, 6) is 0.661. The lowest BCUT2D eigenvalue weighted by Crippen LogP contribution is -2.43. The highest BCUT2D eigenvalue weighted by atomic mass is 16.5. The molecule has 1 aliphatic heterocycles. The number of aromatic nitrogens is 2. The SMILES string of the molecule is O=C(Nc1cccc2nccnc12)N[C@H]1c2ccccc2OC[C@H]1O. The Bertz CT molecular complexity index is 926. The van der Waals surface area contributed by atoms with Gasteiger partial charge in [0.2, 0.25) is 0 Å². The topological polar surface area (TPSA) is 96.4 Å². The number of urea groups is 1. The fourth-order valence-corrected chi connectivity index (χ4v) is 2.91. The largest absolute Gasteiger partial charge is 0.490 e. The van der Waals surface area contributed by atoms with Gasteiger partial charge in [-0.2, -0.15) is 0 Å². The van der Waals surface area contributed by atoms with Crippen molar-refractivity contribution in [3.8, 4) is 5.75 Å². The maximum Gasteiger partial charge on any atom is 0.319 e. The number of benzene rings is 2. The Kier molecular flexibility index (Phi) is 3.91. The van der Waals surface area contributed by atoms with Crippen LogP contribution in [0, 0.1) is 0 Å². The van der Waals surface area contributed by atoms with E-state index in [2.05, 4.69) is 20.6 Å². The zero-order valence-corrected chi connectivity index (χ0v) is 13.2. The summed E-state index contributed by atoms with van der Waals surface area (Å²) in [5.41, 5.74) is 2.59. The van der Waals surface area contributed by atoms with Gasteiger partial charge in [0.05, 0.1) is 17.2 Å². The zero-order valence-electron chi connectivity index (χ0n) is 13.2. The highest BCUT2D eigenvalue weighted by molar-refractivity contribution is 5.98. The van der Waals surface area contributed by atoms with E-state index in [1.165, 1.54) is 0 Å². The first-order chi connectivity index (χ1) is 12.2. The number of rotatable bonds is 2. The van der Waals surface area contributed by atoms with Crippen LogP contribution >= 0.6 is 0 Å². The Balaban J connectivity index is 1.56. The average Bonchev–Trinajstić information content (AvgIpc) is 2.64. The number of aliphatic hydroxyl groups excluding tert-OH is 1. The minimum atomic E-state index is -0.826. The van der Waals surface area contributed by atoms with Gasteiger partial charge in [-0.05, 0) is 18.2 Å². The van der Waals surface area contributed by atoms with Crippen molar-refractivity contribution in [2.75, 3.05) is 11.9 Å². The van der Waals surface area contributed by atoms with Crippen LogP contribution in [0.25, 0.3) is 11.0 Å². The summed E-state index contributed by atoms with van der Waals surface area (Å²) in [7, 11) is 0. The van der Waals surface area contributed by atoms with Gasteiger partial charge in [0.15, 0.2) is 0 Å². The number of nitrogens with zero attached hydrogens (tertiary/aromatic N) is 2. The normalized spacial score (nSPS) is 18.9. The second-order valence-corrected chi connectivity index (χ2v) is 5.72. The molecule has 0 unspecified atom stereocenters. The molecule has 25 heavy (non-hydrogen) atoms. The van der Waals surface area contributed by atoms with Crippen molar-refractivity contribution in [1.82, 2.24) is 15.3 Å². The average molecular weight is 336 g/mol. The molecule has 1 aliphatic rings. The van der Waals surface area contributed by atoms with Crippen LogP contribution in [0.2, 0.25) is 0 Å². The Hall–Kier alpha value is -3.19. The number of fused-ring (bicyclic) bond motifs is 2. The Morgan fingerprint density at radius 3 is 2.88 bits per heavy atom. The lowest BCUT2D eigenvalue weighted by molar-refractivity contribution is 0.0590. The zero-order chi connectivity index (χ0) is 17.2. The van der Waals surface area contributed by atoms with Crippen molar-refractivity contribution in [2.45, 2.75) is 12.1 Å². The number of aliphatic hydroxyl groups is 1. The molecule has 126 valence electrons. The molecule has 2 heterocycles. The molecule has 1 aromatic heterocycles. The van der Waals surface area contributed by atoms with Crippen molar-refractivity contribution in [1.29, 1.82) is 0 Å². The van der Waals surface area contributed by atoms with E-state index in [4.69, 9.17) is 4.74 Å². The van der Waals surface area contributed by atoms with E-state index in [0.29, 0.717) is 22.5 Å². The molecule has 7 nitrogen and oxygen atoms in total. The molecular formula is C18H16N4O3. The quantitative estimate of drug-likeness (QED) is 0.667. The third kappa shape index (κ3) is 2.97. The van der Waals surface area contributed by atoms with Gasteiger partial charge < -0.3 is 20.5 Å². The predicted molar refractivity (Wildman–Crippen MR) is 92.4 cm³/mol. The summed E-state index contributed by atoms with van der Waals surface area (Å²) in [5, 5.41) is 15.8. The number of carbonyl (C=O) groups excluding carboxylic acids is 1. The molecule has 7 heteroatoms. The highest BCUT2D eigenvalue weighted by Crippen LogP contribution is 2.32. The molecule has 2 atom stereocenters. The number of hydrogen-bond acceptors (Lipinski definition) is 5. The first-order valence-corrected chi connectivity index (χ1v) is 7.89. The van der Waals surface area contributed by atoms with Gasteiger partial charge in [0, 0.05) is 18.0 Å². The Morgan fingerprint density at radius 2 is 1.96 bits per heavy atom. The predicted octanol–water partition coefficient (Wildman–Crippen LogP) is 2.25. The first kappa shape index (κ1) is 15.3. The van der Waals surface area contributed by atoms with Gasteiger partial charge in [-0.15, -0.1) is 0 Å². The summed E-state index contributed by atoms with van der Waals surface area (Å²) in [6.45, 7) is 0.127. The van der Waals surface area contributed by atoms with Gasteiger partial charge >= 0.3 is 6.03 Å². The number of amides is 2. The molecule has 2 amide bonds. The summed E-state index contributed by atoms with van der Waals surface area (Å²) in [6, 6.07) is 11.7. The standard InChI is InChI=1S/C18H16N4O3/c23-14-10-25-15-7-2-1-4-11(15)16(14)22-18(24)21-13-6-3-5-12-17(13)20-9-8-19-12/h1-9,14,16,23H,10H2,(H2,21,22,24)/t14-,16+/m1/s1. The smallest absolute Gasteiger partial charge is 0.319 e. The number of hydrogen-bond donors (Lipinski definition) is 3. The number of ether oxygens (including phenoxy) is 1. The van der Waals surface area contributed by atoms with Gasteiger partial charge in [0.1, 0.15) is 24.0 Å². The van der Waals surface area contributed by atoms with E-state index >= 15 is 0 Å². The van der Waals surface area contributed by atoms with Crippen molar-refractivity contribution in [3.63, 3.8) is 0 Å². The molecule has 0 bridgehead atoms. The molecule has 0 aliphatic carbocycles. The number of para-hydroxylation sites is 2. The van der Waals surface area contributed by atoms with Crippen LogP contribution in [-0.4, -0.2) is 33.8 Å². The maximum absolute atomic E-state index is 12.5. The van der Waals surface area contributed by atoms with Crippen LogP contribution in [0.4, 0.5) is 10.5 Å². The van der Waals surface area contributed by atoms with E-state index in [1.807, 2.05) is 30.3 Å². The van der Waals surface area contributed by atoms with Crippen LogP contribution in [0.5, 0.6) is 5.75 Å². The van der Waals surface area contributed by atoms with Gasteiger partial charge in [-0.3, -0.25) is 9.97 Å². The fourth-order valence-electron chi connectivity index (χ4n) is 2.91. The van der Waals surface area contributed by atoms with Crippen molar-refractivity contribution in [2.24, 2.45) is 0 Å². The molecule has 4 rings (SSSR count).